The second-order valence-corrected chi connectivity index (χ2v) is 3.89. The summed E-state index contributed by atoms with van der Waals surface area (Å²) in [7, 11) is 0. The van der Waals surface area contributed by atoms with Gasteiger partial charge in [0.05, 0.1) is 6.10 Å². The van der Waals surface area contributed by atoms with Gasteiger partial charge in [-0.05, 0) is 26.2 Å². The second-order valence-electron chi connectivity index (χ2n) is 3.89. The summed E-state index contributed by atoms with van der Waals surface area (Å²) in [6.07, 6.45) is 4.61. The third-order valence-electron chi connectivity index (χ3n) is 2.32. The minimum absolute atomic E-state index is 0.00278. The van der Waals surface area contributed by atoms with E-state index in [-0.39, 0.29) is 11.8 Å². The van der Waals surface area contributed by atoms with Crippen LogP contribution in [0.25, 0.3) is 0 Å². The Labute approximate surface area is 79.6 Å². The van der Waals surface area contributed by atoms with Crippen LogP contribution in [0.3, 0.4) is 0 Å². The molecule has 1 saturated heterocycles. The van der Waals surface area contributed by atoms with Crippen molar-refractivity contribution in [2.75, 3.05) is 6.61 Å². The molecule has 0 bridgehead atoms. The van der Waals surface area contributed by atoms with E-state index in [1.807, 2.05) is 6.92 Å². The van der Waals surface area contributed by atoms with Crippen LogP contribution in [0, 0.1) is 0 Å². The van der Waals surface area contributed by atoms with Crippen LogP contribution in [-0.2, 0) is 9.53 Å². The predicted molar refractivity (Wildman–Crippen MR) is 51.5 cm³/mol. The first-order chi connectivity index (χ1) is 6.18. The van der Waals surface area contributed by atoms with E-state index < -0.39 is 0 Å². The number of carbonyl (C=O) groups is 1. The first-order valence-electron chi connectivity index (χ1n) is 5.07. The van der Waals surface area contributed by atoms with Gasteiger partial charge in [0, 0.05) is 25.5 Å². The molecule has 0 amide bonds. The van der Waals surface area contributed by atoms with E-state index >= 15 is 0 Å². The molecule has 2 unspecified atom stereocenters. The van der Waals surface area contributed by atoms with Crippen molar-refractivity contribution in [2.24, 2.45) is 5.73 Å². The third-order valence-corrected chi connectivity index (χ3v) is 2.32. The highest BCUT2D eigenvalue weighted by atomic mass is 16.5. The SMILES string of the molecule is CC(N)CC(=O)CCC1CCCO1. The minimum atomic E-state index is -0.00278. The summed E-state index contributed by atoms with van der Waals surface area (Å²) in [5.74, 6) is 0.269. The van der Waals surface area contributed by atoms with Gasteiger partial charge in [-0.2, -0.15) is 0 Å². The fraction of sp³-hybridized carbons (Fsp3) is 0.900. The van der Waals surface area contributed by atoms with E-state index in [9.17, 15) is 4.79 Å². The predicted octanol–water partition coefficient (Wildman–Crippen LogP) is 1.25. The van der Waals surface area contributed by atoms with Crippen LogP contribution in [-0.4, -0.2) is 24.5 Å². The van der Waals surface area contributed by atoms with Crippen LogP contribution in [0.2, 0.25) is 0 Å². The molecule has 3 heteroatoms. The second kappa shape index (κ2) is 5.35. The van der Waals surface area contributed by atoms with Crippen LogP contribution in [0.15, 0.2) is 0 Å². The van der Waals surface area contributed by atoms with Gasteiger partial charge < -0.3 is 10.5 Å². The Bertz CT molecular complexity index is 162. The Morgan fingerprint density at radius 2 is 2.46 bits per heavy atom. The lowest BCUT2D eigenvalue weighted by Crippen LogP contribution is -2.20. The number of hydrogen-bond donors (Lipinski definition) is 1. The maximum Gasteiger partial charge on any atom is 0.134 e. The van der Waals surface area contributed by atoms with Gasteiger partial charge in [-0.3, -0.25) is 4.79 Å². The molecule has 2 atom stereocenters. The highest BCUT2D eigenvalue weighted by molar-refractivity contribution is 5.78. The highest BCUT2D eigenvalue weighted by Gasteiger charge is 2.16. The molecule has 0 saturated carbocycles. The average Bonchev–Trinajstić information content (AvgIpc) is 2.51. The van der Waals surface area contributed by atoms with E-state index in [0.717, 1.165) is 25.9 Å². The molecule has 0 spiro atoms. The monoisotopic (exact) mass is 185 g/mol. The molecule has 0 aromatic carbocycles. The lowest BCUT2D eigenvalue weighted by molar-refractivity contribution is -0.119. The van der Waals surface area contributed by atoms with Crippen molar-refractivity contribution in [3.63, 3.8) is 0 Å². The van der Waals surface area contributed by atoms with Crippen molar-refractivity contribution in [3.05, 3.63) is 0 Å². The maximum atomic E-state index is 11.3. The largest absolute Gasteiger partial charge is 0.378 e. The summed E-state index contributed by atoms with van der Waals surface area (Å²) < 4.78 is 5.42. The Morgan fingerprint density at radius 3 is 3.00 bits per heavy atom. The zero-order chi connectivity index (χ0) is 9.68. The van der Waals surface area contributed by atoms with Gasteiger partial charge in [0.2, 0.25) is 0 Å². The molecule has 0 aliphatic carbocycles. The summed E-state index contributed by atoms with van der Waals surface area (Å²) in [6.45, 7) is 2.73. The maximum absolute atomic E-state index is 11.3. The van der Waals surface area contributed by atoms with Gasteiger partial charge in [-0.15, -0.1) is 0 Å². The van der Waals surface area contributed by atoms with Crippen molar-refractivity contribution in [3.8, 4) is 0 Å². The summed E-state index contributed by atoms with van der Waals surface area (Å²) >= 11 is 0. The van der Waals surface area contributed by atoms with Crippen molar-refractivity contribution in [2.45, 2.75) is 51.2 Å². The van der Waals surface area contributed by atoms with E-state index in [0.29, 0.717) is 18.9 Å². The quantitative estimate of drug-likeness (QED) is 0.701. The summed E-state index contributed by atoms with van der Waals surface area (Å²) in [6, 6.07) is -0.00278. The Balaban J connectivity index is 2.07. The first kappa shape index (κ1) is 10.7. The van der Waals surface area contributed by atoms with Crippen LogP contribution in [0.5, 0.6) is 0 Å². The molecule has 0 aromatic heterocycles. The standard InChI is InChI=1S/C10H19NO2/c1-8(11)7-9(12)4-5-10-3-2-6-13-10/h8,10H,2-7,11H2,1H3. The number of ether oxygens (including phenoxy) is 1. The number of ketones is 1. The van der Waals surface area contributed by atoms with E-state index in [1.165, 1.54) is 0 Å². The van der Waals surface area contributed by atoms with Crippen LogP contribution < -0.4 is 5.73 Å². The Morgan fingerprint density at radius 1 is 1.69 bits per heavy atom. The average molecular weight is 185 g/mol. The number of rotatable bonds is 5. The number of nitrogens with two attached hydrogens (primary N) is 1. The molecule has 1 fully saturated rings. The Hall–Kier alpha value is -0.410. The van der Waals surface area contributed by atoms with Gasteiger partial charge in [-0.25, -0.2) is 0 Å². The first-order valence-corrected chi connectivity index (χ1v) is 5.07. The zero-order valence-corrected chi connectivity index (χ0v) is 8.29. The van der Waals surface area contributed by atoms with Crippen molar-refractivity contribution in [1.82, 2.24) is 0 Å². The van der Waals surface area contributed by atoms with Crippen LogP contribution >= 0.6 is 0 Å². The van der Waals surface area contributed by atoms with E-state index in [1.54, 1.807) is 0 Å². The molecular formula is C10H19NO2. The molecule has 1 rings (SSSR count). The fourth-order valence-corrected chi connectivity index (χ4v) is 1.66. The highest BCUT2D eigenvalue weighted by Crippen LogP contribution is 2.17. The van der Waals surface area contributed by atoms with E-state index in [4.69, 9.17) is 10.5 Å². The molecular weight excluding hydrogens is 166 g/mol. The molecule has 1 aliphatic heterocycles. The smallest absolute Gasteiger partial charge is 0.134 e. The fourth-order valence-electron chi connectivity index (χ4n) is 1.66. The molecule has 0 aromatic rings. The third kappa shape index (κ3) is 4.39. The molecule has 13 heavy (non-hydrogen) atoms. The number of carbonyl (C=O) groups excluding carboxylic acids is 1. The van der Waals surface area contributed by atoms with Crippen molar-refractivity contribution < 1.29 is 9.53 Å². The van der Waals surface area contributed by atoms with Gasteiger partial charge in [0.15, 0.2) is 0 Å². The number of hydrogen-bond acceptors (Lipinski definition) is 3. The number of Topliss-reactive ketones (excluding diaryl/α,β-unsaturated/α-hetero) is 1. The molecule has 3 nitrogen and oxygen atoms in total. The molecule has 1 heterocycles. The zero-order valence-electron chi connectivity index (χ0n) is 8.29. The molecule has 2 N–H and O–H groups in total. The van der Waals surface area contributed by atoms with Gasteiger partial charge in [0.1, 0.15) is 5.78 Å². The lowest BCUT2D eigenvalue weighted by Gasteiger charge is -2.08. The van der Waals surface area contributed by atoms with Crippen LogP contribution in [0.1, 0.15) is 39.0 Å². The topological polar surface area (TPSA) is 52.3 Å². The summed E-state index contributed by atoms with van der Waals surface area (Å²) in [5, 5.41) is 0. The van der Waals surface area contributed by atoms with E-state index in [2.05, 4.69) is 0 Å². The van der Waals surface area contributed by atoms with Gasteiger partial charge in [-0.1, -0.05) is 0 Å². The van der Waals surface area contributed by atoms with Gasteiger partial charge >= 0.3 is 0 Å². The summed E-state index contributed by atoms with van der Waals surface area (Å²) in [5.41, 5.74) is 5.52. The minimum Gasteiger partial charge on any atom is -0.378 e. The van der Waals surface area contributed by atoms with Crippen LogP contribution in [0.4, 0.5) is 0 Å². The Kier molecular flexibility index (Phi) is 4.39. The van der Waals surface area contributed by atoms with Gasteiger partial charge in [0.25, 0.3) is 0 Å². The lowest BCUT2D eigenvalue weighted by atomic mass is 10.0. The summed E-state index contributed by atoms with van der Waals surface area (Å²) in [4.78, 5) is 11.3. The molecule has 1 aliphatic rings. The molecule has 0 radical (unpaired) electrons. The van der Waals surface area contributed by atoms with Crippen molar-refractivity contribution in [1.29, 1.82) is 0 Å². The molecule has 76 valence electrons. The normalized spacial score (nSPS) is 24.6. The van der Waals surface area contributed by atoms with Crippen molar-refractivity contribution >= 4 is 5.78 Å².